The molecule has 2 heterocycles. The summed E-state index contributed by atoms with van der Waals surface area (Å²) in [6, 6.07) is 8.99. The molecule has 2 heteroatoms. The first-order chi connectivity index (χ1) is 6.95. The number of nitrogens with zero attached hydrogens (tertiary/aromatic N) is 1. The normalized spacial score (nSPS) is 24.9. The van der Waals surface area contributed by atoms with Gasteiger partial charge in [0.15, 0.2) is 0 Å². The fourth-order valence-corrected chi connectivity index (χ4v) is 2.41. The SMILES string of the molecule is c1ccc2c(c1)=NC1CCNCCC=21. The van der Waals surface area contributed by atoms with Gasteiger partial charge < -0.3 is 5.32 Å². The summed E-state index contributed by atoms with van der Waals surface area (Å²) in [7, 11) is 0. The van der Waals surface area contributed by atoms with E-state index >= 15 is 0 Å². The van der Waals surface area contributed by atoms with Gasteiger partial charge in [0, 0.05) is 5.22 Å². The summed E-state index contributed by atoms with van der Waals surface area (Å²) in [5.74, 6) is 0. The first-order valence-electron chi connectivity index (χ1n) is 5.32. The maximum Gasteiger partial charge on any atom is 0.0738 e. The molecule has 1 saturated heterocycles. The molecule has 1 aromatic rings. The molecule has 1 fully saturated rings. The van der Waals surface area contributed by atoms with Gasteiger partial charge in [-0.3, -0.25) is 4.99 Å². The molecule has 14 heavy (non-hydrogen) atoms. The highest BCUT2D eigenvalue weighted by Gasteiger charge is 2.20. The van der Waals surface area contributed by atoms with Gasteiger partial charge in [-0.1, -0.05) is 18.2 Å². The summed E-state index contributed by atoms with van der Waals surface area (Å²) >= 11 is 0. The van der Waals surface area contributed by atoms with E-state index in [2.05, 4.69) is 29.6 Å². The molecule has 1 aromatic carbocycles. The van der Waals surface area contributed by atoms with Crippen molar-refractivity contribution in [2.24, 2.45) is 4.99 Å². The third kappa shape index (κ3) is 1.18. The van der Waals surface area contributed by atoms with Crippen molar-refractivity contribution in [3.63, 3.8) is 0 Å². The second kappa shape index (κ2) is 3.21. The minimum atomic E-state index is 0.461. The van der Waals surface area contributed by atoms with Crippen LogP contribution in [0, 0.1) is 0 Å². The van der Waals surface area contributed by atoms with E-state index in [0.29, 0.717) is 6.04 Å². The van der Waals surface area contributed by atoms with Crippen LogP contribution in [-0.2, 0) is 0 Å². The summed E-state index contributed by atoms with van der Waals surface area (Å²) in [6.07, 6.45) is 2.31. The van der Waals surface area contributed by atoms with Crippen molar-refractivity contribution in [1.82, 2.24) is 5.32 Å². The number of hydrogen-bond acceptors (Lipinski definition) is 2. The van der Waals surface area contributed by atoms with Gasteiger partial charge in [-0.2, -0.15) is 0 Å². The largest absolute Gasteiger partial charge is 0.316 e. The van der Waals surface area contributed by atoms with Crippen molar-refractivity contribution in [3.8, 4) is 0 Å². The van der Waals surface area contributed by atoms with Crippen molar-refractivity contribution < 1.29 is 0 Å². The van der Waals surface area contributed by atoms with Gasteiger partial charge in [-0.05, 0) is 37.6 Å². The molecule has 0 amide bonds. The zero-order valence-corrected chi connectivity index (χ0v) is 8.16. The highest BCUT2D eigenvalue weighted by molar-refractivity contribution is 5.53. The van der Waals surface area contributed by atoms with Crippen molar-refractivity contribution in [2.75, 3.05) is 13.1 Å². The first kappa shape index (κ1) is 8.18. The maximum atomic E-state index is 4.76. The predicted molar refractivity (Wildman–Crippen MR) is 56.5 cm³/mol. The Morgan fingerprint density at radius 2 is 2.14 bits per heavy atom. The van der Waals surface area contributed by atoms with E-state index in [1.807, 2.05) is 0 Å². The summed E-state index contributed by atoms with van der Waals surface area (Å²) in [5, 5.41) is 6.02. The highest BCUT2D eigenvalue weighted by Crippen LogP contribution is 2.17. The molecule has 72 valence electrons. The van der Waals surface area contributed by atoms with Gasteiger partial charge in [0.25, 0.3) is 0 Å². The van der Waals surface area contributed by atoms with Crippen LogP contribution in [0.15, 0.2) is 29.3 Å². The van der Waals surface area contributed by atoms with Gasteiger partial charge in [-0.15, -0.1) is 0 Å². The Morgan fingerprint density at radius 1 is 1.21 bits per heavy atom. The molecular formula is C12H14N2. The van der Waals surface area contributed by atoms with Crippen LogP contribution < -0.4 is 15.9 Å². The number of nitrogens with one attached hydrogen (secondary N) is 1. The minimum absolute atomic E-state index is 0.461. The third-order valence-corrected chi connectivity index (χ3v) is 3.11. The van der Waals surface area contributed by atoms with Crippen LogP contribution in [0.3, 0.4) is 0 Å². The maximum absolute atomic E-state index is 4.76. The molecule has 2 aliphatic rings. The standard InChI is InChI=1S/C12H14N2/c1-2-4-11-9(3-1)10-5-7-13-8-6-12(10)14-11/h1-4,12-13H,5-8H2. The number of rotatable bonds is 0. The Morgan fingerprint density at radius 3 is 3.14 bits per heavy atom. The second-order valence-corrected chi connectivity index (χ2v) is 3.98. The molecule has 1 unspecified atom stereocenters. The van der Waals surface area contributed by atoms with Gasteiger partial charge in [0.05, 0.1) is 11.4 Å². The highest BCUT2D eigenvalue weighted by atomic mass is 14.9. The lowest BCUT2D eigenvalue weighted by Gasteiger charge is -2.06. The molecule has 0 aromatic heterocycles. The van der Waals surface area contributed by atoms with E-state index < -0.39 is 0 Å². The van der Waals surface area contributed by atoms with Crippen molar-refractivity contribution in [3.05, 3.63) is 34.8 Å². The predicted octanol–water partition coefficient (Wildman–Crippen LogP) is 0.222. The molecule has 3 rings (SSSR count). The number of fused-ring (bicyclic) bond motifs is 2. The molecule has 0 saturated carbocycles. The monoisotopic (exact) mass is 186 g/mol. The Bertz CT molecular complexity index is 461. The van der Waals surface area contributed by atoms with Gasteiger partial charge >= 0.3 is 0 Å². The minimum Gasteiger partial charge on any atom is -0.316 e. The van der Waals surface area contributed by atoms with Crippen LogP contribution in [-0.4, -0.2) is 19.1 Å². The van der Waals surface area contributed by atoms with Crippen molar-refractivity contribution in [1.29, 1.82) is 0 Å². The van der Waals surface area contributed by atoms with E-state index in [-0.39, 0.29) is 0 Å². The van der Waals surface area contributed by atoms with E-state index in [0.717, 1.165) is 25.9 Å². The summed E-state index contributed by atoms with van der Waals surface area (Å²) < 4.78 is 0. The Hall–Kier alpha value is -1.15. The number of para-hydroxylation sites is 1. The zero-order chi connectivity index (χ0) is 9.38. The van der Waals surface area contributed by atoms with Crippen LogP contribution in [0.4, 0.5) is 0 Å². The smallest absolute Gasteiger partial charge is 0.0738 e. The molecule has 0 bridgehead atoms. The van der Waals surface area contributed by atoms with Gasteiger partial charge in [-0.25, -0.2) is 0 Å². The molecule has 2 nitrogen and oxygen atoms in total. The molecule has 1 N–H and O–H groups in total. The average Bonchev–Trinajstić information content (AvgIpc) is 2.42. The first-order valence-corrected chi connectivity index (χ1v) is 5.32. The molecule has 0 radical (unpaired) electrons. The Balaban J connectivity index is 2.21. The average molecular weight is 186 g/mol. The van der Waals surface area contributed by atoms with E-state index in [1.54, 1.807) is 5.57 Å². The molecule has 0 aliphatic carbocycles. The van der Waals surface area contributed by atoms with Crippen molar-refractivity contribution in [2.45, 2.75) is 18.9 Å². The topological polar surface area (TPSA) is 24.4 Å². The van der Waals surface area contributed by atoms with Crippen LogP contribution in [0.5, 0.6) is 0 Å². The summed E-state index contributed by atoms with van der Waals surface area (Å²) in [4.78, 5) is 4.76. The van der Waals surface area contributed by atoms with E-state index in [4.69, 9.17) is 4.99 Å². The fraction of sp³-hybridized carbons (Fsp3) is 0.417. The molecular weight excluding hydrogens is 172 g/mol. The van der Waals surface area contributed by atoms with E-state index in [1.165, 1.54) is 10.6 Å². The lowest BCUT2D eigenvalue weighted by molar-refractivity contribution is 0.668. The number of benzene rings is 1. The Labute approximate surface area is 83.4 Å². The van der Waals surface area contributed by atoms with Crippen LogP contribution >= 0.6 is 0 Å². The van der Waals surface area contributed by atoms with Crippen LogP contribution in [0.1, 0.15) is 12.8 Å². The van der Waals surface area contributed by atoms with Crippen molar-refractivity contribution >= 4 is 5.57 Å². The Kier molecular flexibility index (Phi) is 1.88. The molecule has 1 atom stereocenters. The molecule has 0 spiro atoms. The summed E-state index contributed by atoms with van der Waals surface area (Å²) in [6.45, 7) is 2.21. The van der Waals surface area contributed by atoms with Crippen LogP contribution in [0.25, 0.3) is 5.57 Å². The lowest BCUT2D eigenvalue weighted by Crippen LogP contribution is -2.23. The van der Waals surface area contributed by atoms with Gasteiger partial charge in [0.1, 0.15) is 0 Å². The van der Waals surface area contributed by atoms with Crippen LogP contribution in [0.2, 0.25) is 0 Å². The summed E-state index contributed by atoms with van der Waals surface area (Å²) in [5.41, 5.74) is 1.55. The zero-order valence-electron chi connectivity index (χ0n) is 8.16. The quantitative estimate of drug-likeness (QED) is 0.616. The second-order valence-electron chi connectivity index (χ2n) is 3.98. The lowest BCUT2D eigenvalue weighted by atomic mass is 10.0. The number of hydrogen-bond donors (Lipinski definition) is 1. The van der Waals surface area contributed by atoms with Gasteiger partial charge in [0.2, 0.25) is 0 Å². The van der Waals surface area contributed by atoms with E-state index in [9.17, 15) is 0 Å². The third-order valence-electron chi connectivity index (χ3n) is 3.11. The fourth-order valence-electron chi connectivity index (χ4n) is 2.41. The molecule has 2 aliphatic heterocycles.